The Morgan fingerprint density at radius 1 is 1.17 bits per heavy atom. The minimum Gasteiger partial charge on any atom is -0.496 e. The number of hydrogen-bond acceptors (Lipinski definition) is 7. The molecule has 154 valence electrons. The van der Waals surface area contributed by atoms with Crippen LogP contribution < -0.4 is 14.2 Å². The van der Waals surface area contributed by atoms with Crippen molar-refractivity contribution in [2.45, 2.75) is 13.2 Å². The van der Waals surface area contributed by atoms with Gasteiger partial charge in [0.25, 0.3) is 0 Å². The van der Waals surface area contributed by atoms with Gasteiger partial charge < -0.3 is 24.4 Å². The van der Waals surface area contributed by atoms with Crippen LogP contribution in [0.15, 0.2) is 42.5 Å². The number of benzene rings is 2. The standard InChI is InChI=1S/C22H20N2O6/c1-28-21-8-14(6-15(10-25)17(21)11-26)18-9-16(23-24-18)3-4-19(27)13-2-5-20-22(7-13)30-12-29-20/h2-9,25-26H,10-12H2,1H3,(H,23,24)/b4-3+. The van der Waals surface area contributed by atoms with Crippen LogP contribution in [-0.2, 0) is 13.2 Å². The fraction of sp³-hybridized carbons (Fsp3) is 0.182. The Labute approximate surface area is 172 Å². The molecule has 0 saturated carbocycles. The second-order valence-electron chi connectivity index (χ2n) is 6.61. The second-order valence-corrected chi connectivity index (χ2v) is 6.61. The highest BCUT2D eigenvalue weighted by atomic mass is 16.7. The smallest absolute Gasteiger partial charge is 0.231 e. The van der Waals surface area contributed by atoms with Crippen molar-refractivity contribution < 1.29 is 29.2 Å². The summed E-state index contributed by atoms with van der Waals surface area (Å²) in [6, 6.07) is 10.3. The zero-order chi connectivity index (χ0) is 21.1. The maximum Gasteiger partial charge on any atom is 0.231 e. The van der Waals surface area contributed by atoms with E-state index in [0.717, 1.165) is 0 Å². The molecular formula is C22H20N2O6. The molecule has 0 bridgehead atoms. The first-order valence-electron chi connectivity index (χ1n) is 9.22. The molecule has 4 rings (SSSR count). The first-order chi connectivity index (χ1) is 14.6. The lowest BCUT2D eigenvalue weighted by Crippen LogP contribution is -1.99. The quantitative estimate of drug-likeness (QED) is 0.407. The monoisotopic (exact) mass is 408 g/mol. The lowest BCUT2D eigenvalue weighted by atomic mass is 10.0. The topological polar surface area (TPSA) is 114 Å². The Kier molecular flexibility index (Phi) is 5.51. The Hall–Kier alpha value is -3.62. The molecule has 0 radical (unpaired) electrons. The minimum absolute atomic E-state index is 0.155. The molecule has 8 nitrogen and oxygen atoms in total. The number of nitrogens with one attached hydrogen (secondary N) is 1. The van der Waals surface area contributed by atoms with E-state index in [1.54, 1.807) is 42.5 Å². The van der Waals surface area contributed by atoms with Crippen molar-refractivity contribution >= 4 is 11.9 Å². The highest BCUT2D eigenvalue weighted by molar-refractivity contribution is 6.07. The van der Waals surface area contributed by atoms with Gasteiger partial charge in [0, 0.05) is 16.7 Å². The molecule has 8 heteroatoms. The highest BCUT2D eigenvalue weighted by Crippen LogP contribution is 2.33. The first-order valence-corrected chi connectivity index (χ1v) is 9.22. The van der Waals surface area contributed by atoms with Crippen LogP contribution in [0.3, 0.4) is 0 Å². The van der Waals surface area contributed by atoms with E-state index in [4.69, 9.17) is 14.2 Å². The summed E-state index contributed by atoms with van der Waals surface area (Å²) in [5, 5.41) is 26.3. The molecule has 3 N–H and O–H groups in total. The molecule has 1 aromatic heterocycles. The van der Waals surface area contributed by atoms with Crippen molar-refractivity contribution in [3.05, 3.63) is 64.9 Å². The zero-order valence-electron chi connectivity index (χ0n) is 16.2. The van der Waals surface area contributed by atoms with Gasteiger partial charge in [0.1, 0.15) is 5.75 Å². The van der Waals surface area contributed by atoms with Crippen molar-refractivity contribution in [2.75, 3.05) is 13.9 Å². The molecule has 0 saturated heterocycles. The molecule has 0 spiro atoms. The molecular weight excluding hydrogens is 388 g/mol. The molecule has 2 aromatic carbocycles. The van der Waals surface area contributed by atoms with Crippen molar-refractivity contribution in [2.24, 2.45) is 0 Å². The third-order valence-corrected chi connectivity index (χ3v) is 4.81. The molecule has 30 heavy (non-hydrogen) atoms. The Morgan fingerprint density at radius 2 is 2.00 bits per heavy atom. The number of H-pyrrole nitrogens is 1. The minimum atomic E-state index is -0.240. The van der Waals surface area contributed by atoms with Gasteiger partial charge in [0.15, 0.2) is 17.3 Å². The number of allylic oxidation sites excluding steroid dienone is 1. The Morgan fingerprint density at radius 3 is 2.77 bits per heavy atom. The maximum absolute atomic E-state index is 12.4. The number of aromatic nitrogens is 2. The van der Waals surface area contributed by atoms with Gasteiger partial charge in [-0.05, 0) is 54.1 Å². The van der Waals surface area contributed by atoms with E-state index in [0.29, 0.717) is 50.9 Å². The van der Waals surface area contributed by atoms with Gasteiger partial charge in [0.2, 0.25) is 6.79 Å². The largest absolute Gasteiger partial charge is 0.496 e. The summed E-state index contributed by atoms with van der Waals surface area (Å²) in [6.07, 6.45) is 3.08. The second kappa shape index (κ2) is 8.40. The number of rotatable bonds is 7. The number of methoxy groups -OCH3 is 1. The van der Waals surface area contributed by atoms with Gasteiger partial charge in [-0.1, -0.05) is 0 Å². The SMILES string of the molecule is COc1cc(-c2cc(/C=C/C(=O)c3ccc4c(c3)OCO4)[nH]n2)cc(CO)c1CO. The maximum atomic E-state index is 12.4. The summed E-state index contributed by atoms with van der Waals surface area (Å²) in [6.45, 7) is -0.320. The van der Waals surface area contributed by atoms with Gasteiger partial charge in [-0.15, -0.1) is 0 Å². The summed E-state index contributed by atoms with van der Waals surface area (Å²) < 4.78 is 15.9. The van der Waals surface area contributed by atoms with E-state index in [-0.39, 0.29) is 25.8 Å². The number of nitrogens with zero attached hydrogens (tertiary/aromatic N) is 1. The highest BCUT2D eigenvalue weighted by Gasteiger charge is 2.16. The van der Waals surface area contributed by atoms with Crippen LogP contribution in [0.25, 0.3) is 17.3 Å². The average molecular weight is 408 g/mol. The summed E-state index contributed by atoms with van der Waals surface area (Å²) >= 11 is 0. The number of carbonyl (C=O) groups excluding carboxylic acids is 1. The average Bonchev–Trinajstić information content (AvgIpc) is 3.45. The van der Waals surface area contributed by atoms with E-state index < -0.39 is 0 Å². The molecule has 1 aliphatic heterocycles. The molecule has 3 aromatic rings. The number of aliphatic hydroxyl groups excluding tert-OH is 2. The van der Waals surface area contributed by atoms with Crippen LogP contribution in [0.5, 0.6) is 17.2 Å². The molecule has 1 aliphatic rings. The third-order valence-electron chi connectivity index (χ3n) is 4.81. The number of carbonyl (C=O) groups is 1. The molecule has 0 fully saturated rings. The van der Waals surface area contributed by atoms with E-state index in [2.05, 4.69) is 10.2 Å². The van der Waals surface area contributed by atoms with E-state index in [1.165, 1.54) is 13.2 Å². The zero-order valence-corrected chi connectivity index (χ0v) is 16.2. The number of fused-ring (bicyclic) bond motifs is 1. The van der Waals surface area contributed by atoms with Gasteiger partial charge in [-0.25, -0.2) is 0 Å². The van der Waals surface area contributed by atoms with E-state index >= 15 is 0 Å². The number of aromatic amines is 1. The summed E-state index contributed by atoms with van der Waals surface area (Å²) in [7, 11) is 1.50. The predicted molar refractivity (Wildman–Crippen MR) is 108 cm³/mol. The molecule has 0 amide bonds. The first kappa shape index (κ1) is 19.7. The van der Waals surface area contributed by atoms with Crippen LogP contribution in [0.4, 0.5) is 0 Å². The Balaban J connectivity index is 1.55. The summed E-state index contributed by atoms with van der Waals surface area (Å²) in [5.74, 6) is 1.47. The van der Waals surface area contributed by atoms with Gasteiger partial charge in [-0.3, -0.25) is 9.89 Å². The third kappa shape index (κ3) is 3.78. The molecule has 0 aliphatic carbocycles. The van der Waals surface area contributed by atoms with Gasteiger partial charge in [0.05, 0.1) is 31.7 Å². The number of ketones is 1. The van der Waals surface area contributed by atoms with Crippen LogP contribution in [0.2, 0.25) is 0 Å². The number of hydrogen-bond donors (Lipinski definition) is 3. The lowest BCUT2D eigenvalue weighted by molar-refractivity contribution is 0.104. The predicted octanol–water partition coefficient (Wildman–Crippen LogP) is 2.69. The van der Waals surface area contributed by atoms with Crippen LogP contribution in [-0.4, -0.2) is 40.1 Å². The van der Waals surface area contributed by atoms with Crippen LogP contribution in [0, 0.1) is 0 Å². The van der Waals surface area contributed by atoms with Crippen LogP contribution >= 0.6 is 0 Å². The fourth-order valence-corrected chi connectivity index (χ4v) is 3.24. The van der Waals surface area contributed by atoms with E-state index in [1.807, 2.05) is 0 Å². The number of ether oxygens (including phenoxy) is 3. The van der Waals surface area contributed by atoms with Crippen LogP contribution in [0.1, 0.15) is 27.2 Å². The van der Waals surface area contributed by atoms with Crippen molar-refractivity contribution in [1.29, 1.82) is 0 Å². The number of aliphatic hydroxyl groups is 2. The lowest BCUT2D eigenvalue weighted by Gasteiger charge is -2.12. The van der Waals surface area contributed by atoms with E-state index in [9.17, 15) is 15.0 Å². The van der Waals surface area contributed by atoms with Crippen molar-refractivity contribution in [3.63, 3.8) is 0 Å². The fourth-order valence-electron chi connectivity index (χ4n) is 3.24. The summed E-state index contributed by atoms with van der Waals surface area (Å²) in [4.78, 5) is 12.4. The van der Waals surface area contributed by atoms with Crippen molar-refractivity contribution in [3.8, 4) is 28.5 Å². The van der Waals surface area contributed by atoms with Crippen molar-refractivity contribution in [1.82, 2.24) is 10.2 Å². The summed E-state index contributed by atoms with van der Waals surface area (Å²) in [5.41, 5.74) is 3.55. The van der Waals surface area contributed by atoms with Gasteiger partial charge >= 0.3 is 0 Å². The molecule has 2 heterocycles. The van der Waals surface area contributed by atoms with Gasteiger partial charge in [-0.2, -0.15) is 5.10 Å². The Bertz CT molecular complexity index is 1090. The molecule has 0 unspecified atom stereocenters. The normalized spacial score (nSPS) is 12.5. The molecule has 0 atom stereocenters.